The van der Waals surface area contributed by atoms with Crippen LogP contribution < -0.4 is 5.32 Å². The molecule has 3 rings (SSSR count). The first-order chi connectivity index (χ1) is 8.18. The quantitative estimate of drug-likeness (QED) is 0.839. The fraction of sp³-hybridized carbons (Fsp3) is 0.462. The normalized spacial score (nSPS) is 23.7. The summed E-state index contributed by atoms with van der Waals surface area (Å²) in [4.78, 5) is 1.51. The summed E-state index contributed by atoms with van der Waals surface area (Å²) in [5.41, 5.74) is 4.08. The number of aryl methyl sites for hydroxylation is 1. The average Bonchev–Trinajstić information content (AvgIpc) is 2.91. The first-order valence-corrected chi connectivity index (χ1v) is 6.85. The maximum Gasteiger partial charge on any atom is 0.0531 e. The molecule has 3 heterocycles. The molecule has 4 heteroatoms. The second-order valence-electron chi connectivity index (χ2n) is 4.73. The Kier molecular flexibility index (Phi) is 2.56. The predicted molar refractivity (Wildman–Crippen MR) is 70.5 cm³/mol. The third-order valence-electron chi connectivity index (χ3n) is 3.79. The van der Waals surface area contributed by atoms with Crippen LogP contribution in [-0.4, -0.2) is 16.3 Å². The molecule has 0 saturated carbocycles. The Bertz CT molecular complexity index is 541. The van der Waals surface area contributed by atoms with Gasteiger partial charge in [-0.2, -0.15) is 5.10 Å². The van der Waals surface area contributed by atoms with Gasteiger partial charge in [0.05, 0.1) is 6.20 Å². The van der Waals surface area contributed by atoms with Crippen LogP contribution in [0.4, 0.5) is 0 Å². The summed E-state index contributed by atoms with van der Waals surface area (Å²) in [5.74, 6) is 0.467. The Balaban J connectivity index is 2.07. The Morgan fingerprint density at radius 2 is 2.29 bits per heavy atom. The lowest BCUT2D eigenvalue weighted by Gasteiger charge is -2.28. The number of nitrogens with one attached hydrogen (secondary N) is 1. The van der Waals surface area contributed by atoms with Crippen LogP contribution in [0.25, 0.3) is 0 Å². The molecular weight excluding hydrogens is 230 g/mol. The van der Waals surface area contributed by atoms with E-state index < -0.39 is 0 Å². The van der Waals surface area contributed by atoms with E-state index in [4.69, 9.17) is 0 Å². The standard InChI is InChI=1S/C13H17N3S/c1-8-10-4-5-17-13(10)12(6-14-8)11-7-15-16(3)9(11)2/h4-5,7-8,12,14H,6H2,1-3H3/t8-,12+/m0/s1. The van der Waals surface area contributed by atoms with Crippen molar-refractivity contribution in [3.63, 3.8) is 0 Å². The molecule has 17 heavy (non-hydrogen) atoms. The molecule has 0 amide bonds. The SMILES string of the molecule is Cc1c([C@H]2CN[C@@H](C)c3ccsc32)cnn1C. The number of hydrogen-bond donors (Lipinski definition) is 1. The van der Waals surface area contributed by atoms with Gasteiger partial charge in [0.15, 0.2) is 0 Å². The smallest absolute Gasteiger partial charge is 0.0531 e. The second kappa shape index (κ2) is 3.96. The molecule has 90 valence electrons. The van der Waals surface area contributed by atoms with Gasteiger partial charge in [-0.05, 0) is 30.9 Å². The van der Waals surface area contributed by atoms with Gasteiger partial charge in [-0.15, -0.1) is 11.3 Å². The van der Waals surface area contributed by atoms with E-state index in [-0.39, 0.29) is 0 Å². The van der Waals surface area contributed by atoms with Crippen LogP contribution in [0.1, 0.15) is 40.6 Å². The topological polar surface area (TPSA) is 29.9 Å². The first-order valence-electron chi connectivity index (χ1n) is 5.97. The van der Waals surface area contributed by atoms with Crippen molar-refractivity contribution in [3.8, 4) is 0 Å². The Labute approximate surface area is 105 Å². The highest BCUT2D eigenvalue weighted by Crippen LogP contribution is 2.38. The highest BCUT2D eigenvalue weighted by molar-refractivity contribution is 7.10. The lowest BCUT2D eigenvalue weighted by molar-refractivity contribution is 0.514. The van der Waals surface area contributed by atoms with Crippen molar-refractivity contribution in [2.24, 2.45) is 7.05 Å². The molecule has 0 aromatic carbocycles. The van der Waals surface area contributed by atoms with E-state index in [0.717, 1.165) is 6.54 Å². The van der Waals surface area contributed by atoms with Crippen LogP contribution in [0.3, 0.4) is 0 Å². The number of thiophene rings is 1. The van der Waals surface area contributed by atoms with Gasteiger partial charge in [0.2, 0.25) is 0 Å². The minimum absolute atomic E-state index is 0.467. The molecular formula is C13H17N3S. The highest BCUT2D eigenvalue weighted by Gasteiger charge is 2.28. The second-order valence-corrected chi connectivity index (χ2v) is 5.68. The number of nitrogens with zero attached hydrogens (tertiary/aromatic N) is 2. The Hall–Kier alpha value is -1.13. The Morgan fingerprint density at radius 3 is 3.00 bits per heavy atom. The zero-order chi connectivity index (χ0) is 12.0. The van der Waals surface area contributed by atoms with Crippen molar-refractivity contribution in [2.75, 3.05) is 6.54 Å². The predicted octanol–water partition coefficient (Wildman–Crippen LogP) is 2.59. The molecule has 0 unspecified atom stereocenters. The van der Waals surface area contributed by atoms with Crippen molar-refractivity contribution >= 4 is 11.3 Å². The van der Waals surface area contributed by atoms with Gasteiger partial charge in [-0.1, -0.05) is 0 Å². The first kappa shape index (κ1) is 11.0. The van der Waals surface area contributed by atoms with E-state index >= 15 is 0 Å². The summed E-state index contributed by atoms with van der Waals surface area (Å²) in [6.07, 6.45) is 2.02. The number of aromatic nitrogens is 2. The third-order valence-corrected chi connectivity index (χ3v) is 4.83. The lowest BCUT2D eigenvalue weighted by atomic mass is 9.90. The zero-order valence-electron chi connectivity index (χ0n) is 10.4. The van der Waals surface area contributed by atoms with Crippen LogP contribution >= 0.6 is 11.3 Å². The van der Waals surface area contributed by atoms with Crippen LogP contribution in [0.5, 0.6) is 0 Å². The molecule has 2 atom stereocenters. The van der Waals surface area contributed by atoms with E-state index in [0.29, 0.717) is 12.0 Å². The minimum Gasteiger partial charge on any atom is -0.309 e. The molecule has 0 bridgehead atoms. The van der Waals surface area contributed by atoms with E-state index in [1.54, 1.807) is 0 Å². The van der Waals surface area contributed by atoms with Gasteiger partial charge in [-0.25, -0.2) is 0 Å². The summed E-state index contributed by atoms with van der Waals surface area (Å²) in [6, 6.07) is 2.72. The van der Waals surface area contributed by atoms with Crippen molar-refractivity contribution in [1.29, 1.82) is 0 Å². The summed E-state index contributed by atoms with van der Waals surface area (Å²) in [6.45, 7) is 5.40. The summed E-state index contributed by atoms with van der Waals surface area (Å²) >= 11 is 1.87. The highest BCUT2D eigenvalue weighted by atomic mass is 32.1. The van der Waals surface area contributed by atoms with Gasteiger partial charge in [0.1, 0.15) is 0 Å². The maximum atomic E-state index is 4.36. The third kappa shape index (κ3) is 1.63. The van der Waals surface area contributed by atoms with E-state index in [9.17, 15) is 0 Å². The van der Waals surface area contributed by atoms with Crippen LogP contribution in [0.2, 0.25) is 0 Å². The number of fused-ring (bicyclic) bond motifs is 1. The molecule has 3 nitrogen and oxygen atoms in total. The number of rotatable bonds is 1. The molecule has 1 N–H and O–H groups in total. The largest absolute Gasteiger partial charge is 0.309 e. The van der Waals surface area contributed by atoms with Crippen molar-refractivity contribution in [1.82, 2.24) is 15.1 Å². The van der Waals surface area contributed by atoms with Crippen LogP contribution in [-0.2, 0) is 7.05 Å². The molecule has 1 aliphatic heterocycles. The van der Waals surface area contributed by atoms with E-state index in [1.807, 2.05) is 29.3 Å². The maximum absolute atomic E-state index is 4.36. The van der Waals surface area contributed by atoms with Crippen molar-refractivity contribution in [3.05, 3.63) is 39.3 Å². The van der Waals surface area contributed by atoms with Crippen LogP contribution in [0.15, 0.2) is 17.6 Å². The van der Waals surface area contributed by atoms with Gasteiger partial charge in [-0.3, -0.25) is 4.68 Å². The minimum atomic E-state index is 0.467. The molecule has 1 aliphatic rings. The molecule has 0 aliphatic carbocycles. The fourth-order valence-electron chi connectivity index (χ4n) is 2.58. The van der Waals surface area contributed by atoms with Gasteiger partial charge in [0.25, 0.3) is 0 Å². The summed E-state index contributed by atoms with van der Waals surface area (Å²) in [5, 5.41) is 10.1. The monoisotopic (exact) mass is 247 g/mol. The van der Waals surface area contributed by atoms with E-state index in [2.05, 4.69) is 35.7 Å². The molecule has 0 fully saturated rings. The zero-order valence-corrected chi connectivity index (χ0v) is 11.2. The number of hydrogen-bond acceptors (Lipinski definition) is 3. The van der Waals surface area contributed by atoms with Gasteiger partial charge >= 0.3 is 0 Å². The Morgan fingerprint density at radius 1 is 1.47 bits per heavy atom. The summed E-state index contributed by atoms with van der Waals surface area (Å²) in [7, 11) is 2.01. The van der Waals surface area contributed by atoms with Gasteiger partial charge in [0, 0.05) is 41.7 Å². The fourth-order valence-corrected chi connectivity index (χ4v) is 3.69. The van der Waals surface area contributed by atoms with E-state index in [1.165, 1.54) is 21.7 Å². The summed E-state index contributed by atoms with van der Waals surface area (Å²) < 4.78 is 1.96. The molecule has 0 radical (unpaired) electrons. The lowest BCUT2D eigenvalue weighted by Crippen LogP contribution is -2.31. The van der Waals surface area contributed by atoms with Crippen molar-refractivity contribution in [2.45, 2.75) is 25.8 Å². The molecule has 2 aromatic rings. The van der Waals surface area contributed by atoms with Gasteiger partial charge < -0.3 is 5.32 Å². The molecule has 0 saturated heterocycles. The molecule has 0 spiro atoms. The van der Waals surface area contributed by atoms with Crippen molar-refractivity contribution < 1.29 is 0 Å². The average molecular weight is 247 g/mol. The van der Waals surface area contributed by atoms with Crippen LogP contribution in [0, 0.1) is 6.92 Å². The molecule has 2 aromatic heterocycles.